The molecule has 0 atom stereocenters. The zero-order valence-electron chi connectivity index (χ0n) is 7.67. The summed E-state index contributed by atoms with van der Waals surface area (Å²) < 4.78 is 2.01. The smallest absolute Gasteiger partial charge is 0.0700 e. The number of fused-ring (bicyclic) bond motifs is 1. The fourth-order valence-corrected chi connectivity index (χ4v) is 1.61. The number of allylic oxidation sites excluding steroid dienone is 1. The topological polar surface area (TPSA) is 17.8 Å². The summed E-state index contributed by atoms with van der Waals surface area (Å²) in [6.45, 7) is 5.28. The predicted octanol–water partition coefficient (Wildman–Crippen LogP) is 2.25. The second-order valence-corrected chi connectivity index (χ2v) is 3.38. The van der Waals surface area contributed by atoms with E-state index in [9.17, 15) is 0 Å². The van der Waals surface area contributed by atoms with Crippen molar-refractivity contribution in [1.82, 2.24) is 9.78 Å². The molecule has 1 aromatic heterocycles. The maximum absolute atomic E-state index is 4.48. The molecule has 0 spiro atoms. The Labute approximate surface area is 72.9 Å². The van der Waals surface area contributed by atoms with Crippen LogP contribution in [0.1, 0.15) is 31.5 Å². The zero-order valence-corrected chi connectivity index (χ0v) is 7.67. The maximum atomic E-state index is 4.48. The van der Waals surface area contributed by atoms with Crippen LogP contribution in [0.2, 0.25) is 0 Å². The van der Waals surface area contributed by atoms with Gasteiger partial charge in [0.15, 0.2) is 0 Å². The summed E-state index contributed by atoms with van der Waals surface area (Å²) in [7, 11) is 0. The van der Waals surface area contributed by atoms with Gasteiger partial charge in [0.2, 0.25) is 0 Å². The highest BCUT2D eigenvalue weighted by atomic mass is 15.3. The first-order chi connectivity index (χ1) is 5.79. The summed E-state index contributed by atoms with van der Waals surface area (Å²) in [5.74, 6) is 0. The molecule has 0 aliphatic heterocycles. The van der Waals surface area contributed by atoms with Gasteiger partial charge in [0.05, 0.1) is 5.69 Å². The third-order valence-corrected chi connectivity index (χ3v) is 2.35. The van der Waals surface area contributed by atoms with Crippen LogP contribution in [0.5, 0.6) is 0 Å². The van der Waals surface area contributed by atoms with Crippen molar-refractivity contribution in [1.29, 1.82) is 0 Å². The van der Waals surface area contributed by atoms with E-state index < -0.39 is 0 Å². The molecule has 1 aromatic rings. The lowest BCUT2D eigenvalue weighted by Crippen LogP contribution is -1.97. The van der Waals surface area contributed by atoms with Gasteiger partial charge in [0, 0.05) is 18.3 Å². The molecule has 0 fully saturated rings. The van der Waals surface area contributed by atoms with Crippen molar-refractivity contribution in [2.75, 3.05) is 0 Å². The third-order valence-electron chi connectivity index (χ3n) is 2.35. The molecule has 1 aliphatic carbocycles. The molecule has 1 heterocycles. The number of hydrogen-bond donors (Lipinski definition) is 0. The van der Waals surface area contributed by atoms with Crippen molar-refractivity contribution in [3.8, 4) is 0 Å². The molecule has 2 heteroatoms. The normalized spacial score (nSPS) is 15.7. The average Bonchev–Trinajstić information content (AvgIpc) is 2.46. The minimum Gasteiger partial charge on any atom is -0.272 e. The second-order valence-electron chi connectivity index (χ2n) is 3.38. The summed E-state index contributed by atoms with van der Waals surface area (Å²) >= 11 is 0. The van der Waals surface area contributed by atoms with Crippen LogP contribution in [-0.4, -0.2) is 9.78 Å². The number of rotatable bonds is 1. The Kier molecular flexibility index (Phi) is 1.75. The summed E-state index contributed by atoms with van der Waals surface area (Å²) in [4.78, 5) is 0. The van der Waals surface area contributed by atoms with E-state index in [2.05, 4.69) is 31.2 Å². The van der Waals surface area contributed by atoms with Gasteiger partial charge in [-0.25, -0.2) is 0 Å². The van der Waals surface area contributed by atoms with Gasteiger partial charge in [0.1, 0.15) is 0 Å². The van der Waals surface area contributed by atoms with Crippen molar-refractivity contribution in [2.24, 2.45) is 0 Å². The summed E-state index contributed by atoms with van der Waals surface area (Å²) in [6, 6.07) is 0. The minimum atomic E-state index is 0.972. The Balaban J connectivity index is 2.41. The molecule has 0 saturated heterocycles. The van der Waals surface area contributed by atoms with Gasteiger partial charge in [-0.05, 0) is 26.7 Å². The Hall–Kier alpha value is -1.05. The molecule has 0 bridgehead atoms. The highest BCUT2D eigenvalue weighted by molar-refractivity contribution is 5.56. The van der Waals surface area contributed by atoms with Crippen LogP contribution in [0.3, 0.4) is 0 Å². The van der Waals surface area contributed by atoms with E-state index >= 15 is 0 Å². The lowest BCUT2D eigenvalue weighted by Gasteiger charge is -2.06. The first-order valence-electron chi connectivity index (χ1n) is 4.53. The Morgan fingerprint density at radius 1 is 1.50 bits per heavy atom. The molecule has 64 valence electrons. The van der Waals surface area contributed by atoms with Gasteiger partial charge in [-0.15, -0.1) is 0 Å². The summed E-state index contributed by atoms with van der Waals surface area (Å²) in [5.41, 5.74) is 4.06. The van der Waals surface area contributed by atoms with Crippen LogP contribution in [0, 0.1) is 0 Å². The van der Waals surface area contributed by atoms with Crippen molar-refractivity contribution < 1.29 is 0 Å². The molecule has 0 radical (unpaired) electrons. The Morgan fingerprint density at radius 2 is 2.33 bits per heavy atom. The quantitative estimate of drug-likeness (QED) is 0.619. The van der Waals surface area contributed by atoms with E-state index in [4.69, 9.17) is 0 Å². The SMILES string of the molecule is CCn1cc2c(n1)CCC(C)=C2. The van der Waals surface area contributed by atoms with Gasteiger partial charge in [-0.3, -0.25) is 4.68 Å². The fourth-order valence-electron chi connectivity index (χ4n) is 1.61. The lowest BCUT2D eigenvalue weighted by molar-refractivity contribution is 0.645. The molecule has 2 nitrogen and oxygen atoms in total. The molecule has 0 amide bonds. The Morgan fingerprint density at radius 3 is 3.08 bits per heavy atom. The molecule has 0 saturated carbocycles. The van der Waals surface area contributed by atoms with E-state index in [0.717, 1.165) is 13.0 Å². The number of hydrogen-bond acceptors (Lipinski definition) is 1. The number of aromatic nitrogens is 2. The number of nitrogens with zero attached hydrogens (tertiary/aromatic N) is 2. The van der Waals surface area contributed by atoms with Gasteiger partial charge in [-0.1, -0.05) is 11.6 Å². The fraction of sp³-hybridized carbons (Fsp3) is 0.500. The van der Waals surface area contributed by atoms with E-state index in [1.807, 2.05) is 4.68 Å². The molecular weight excluding hydrogens is 148 g/mol. The highest BCUT2D eigenvalue weighted by Gasteiger charge is 2.10. The van der Waals surface area contributed by atoms with Crippen LogP contribution in [0.4, 0.5) is 0 Å². The lowest BCUT2D eigenvalue weighted by atomic mass is 9.99. The van der Waals surface area contributed by atoms with E-state index in [-0.39, 0.29) is 0 Å². The van der Waals surface area contributed by atoms with Crippen molar-refractivity contribution in [3.63, 3.8) is 0 Å². The predicted molar refractivity (Wildman–Crippen MR) is 49.9 cm³/mol. The molecule has 0 N–H and O–H groups in total. The monoisotopic (exact) mass is 162 g/mol. The Bertz CT molecular complexity index is 321. The first-order valence-corrected chi connectivity index (χ1v) is 4.53. The second kappa shape index (κ2) is 2.77. The van der Waals surface area contributed by atoms with E-state index in [1.54, 1.807) is 0 Å². The van der Waals surface area contributed by atoms with Gasteiger partial charge >= 0.3 is 0 Å². The molecule has 0 aromatic carbocycles. The maximum Gasteiger partial charge on any atom is 0.0700 e. The van der Waals surface area contributed by atoms with Crippen LogP contribution >= 0.6 is 0 Å². The number of aryl methyl sites for hydroxylation is 2. The zero-order chi connectivity index (χ0) is 8.55. The highest BCUT2D eigenvalue weighted by Crippen LogP contribution is 2.21. The standard InChI is InChI=1S/C10H14N2/c1-3-12-7-9-6-8(2)4-5-10(9)11-12/h6-7H,3-5H2,1-2H3. The van der Waals surface area contributed by atoms with Crippen molar-refractivity contribution in [2.45, 2.75) is 33.2 Å². The molecular formula is C10H14N2. The van der Waals surface area contributed by atoms with Crippen molar-refractivity contribution in [3.05, 3.63) is 23.0 Å². The van der Waals surface area contributed by atoms with Gasteiger partial charge in [0.25, 0.3) is 0 Å². The average molecular weight is 162 g/mol. The van der Waals surface area contributed by atoms with Crippen LogP contribution in [0.15, 0.2) is 11.8 Å². The summed E-state index contributed by atoms with van der Waals surface area (Å²) in [6.07, 6.45) is 6.67. The molecule has 12 heavy (non-hydrogen) atoms. The first kappa shape index (κ1) is 7.59. The largest absolute Gasteiger partial charge is 0.272 e. The van der Waals surface area contributed by atoms with E-state index in [0.29, 0.717) is 0 Å². The van der Waals surface area contributed by atoms with Gasteiger partial charge in [-0.2, -0.15) is 5.10 Å². The molecule has 0 unspecified atom stereocenters. The van der Waals surface area contributed by atoms with Crippen LogP contribution in [-0.2, 0) is 13.0 Å². The van der Waals surface area contributed by atoms with Crippen molar-refractivity contribution >= 4 is 6.08 Å². The van der Waals surface area contributed by atoms with Crippen LogP contribution in [0.25, 0.3) is 6.08 Å². The van der Waals surface area contributed by atoms with Crippen LogP contribution < -0.4 is 0 Å². The van der Waals surface area contributed by atoms with E-state index in [1.165, 1.54) is 23.3 Å². The minimum absolute atomic E-state index is 0.972. The van der Waals surface area contributed by atoms with Gasteiger partial charge < -0.3 is 0 Å². The molecule has 2 rings (SSSR count). The molecule has 1 aliphatic rings. The third kappa shape index (κ3) is 1.17. The summed E-state index contributed by atoms with van der Waals surface area (Å²) in [5, 5.41) is 4.48.